The van der Waals surface area contributed by atoms with Crippen molar-refractivity contribution in [2.75, 3.05) is 16.1 Å². The molecular formula is C17H21ClN6OS. The molecule has 1 aromatic carbocycles. The summed E-state index contributed by atoms with van der Waals surface area (Å²) in [4.78, 5) is 16.1. The number of benzene rings is 1. The Bertz CT molecular complexity index is 801. The highest BCUT2D eigenvalue weighted by Gasteiger charge is 2.17. The van der Waals surface area contributed by atoms with E-state index in [0.717, 1.165) is 34.1 Å². The number of nitrogens with two attached hydrogens (primary N) is 2. The Morgan fingerprint density at radius 2 is 1.96 bits per heavy atom. The molecule has 5 N–H and O–H groups in total. The molecule has 0 unspecified atom stereocenters. The standard InChI is InChI=1S/C17H21ClN6OS/c1-10-6-11(2)16(12(3)7-10)24(20)17(23-19)26-9-15(25)22-14-5-4-13(18)8-21-14/h4-8H,9,19-20H2,1-3H3,(H,21,22,25)/b23-17+. The number of halogens is 1. The molecule has 0 bridgehead atoms. The molecule has 0 radical (unpaired) electrons. The van der Waals surface area contributed by atoms with Gasteiger partial charge in [0.2, 0.25) is 11.1 Å². The number of hydrazone groups is 1. The highest BCUT2D eigenvalue weighted by Crippen LogP contribution is 2.26. The third-order valence-corrected chi connectivity index (χ3v) is 4.71. The van der Waals surface area contributed by atoms with E-state index in [1.54, 1.807) is 12.1 Å². The second-order valence-electron chi connectivity index (χ2n) is 5.73. The van der Waals surface area contributed by atoms with Gasteiger partial charge in [-0.25, -0.2) is 10.8 Å². The minimum absolute atomic E-state index is 0.0813. The zero-order chi connectivity index (χ0) is 19.3. The maximum absolute atomic E-state index is 12.1. The van der Waals surface area contributed by atoms with Crippen molar-refractivity contribution in [1.82, 2.24) is 4.98 Å². The predicted octanol–water partition coefficient (Wildman–Crippen LogP) is 2.94. The summed E-state index contributed by atoms with van der Waals surface area (Å²) >= 11 is 6.91. The van der Waals surface area contributed by atoms with Crippen molar-refractivity contribution >= 4 is 45.9 Å². The number of rotatable bonds is 4. The van der Waals surface area contributed by atoms with E-state index in [1.807, 2.05) is 32.9 Å². The average molecular weight is 393 g/mol. The van der Waals surface area contributed by atoms with Crippen LogP contribution < -0.4 is 22.0 Å². The molecule has 1 heterocycles. The lowest BCUT2D eigenvalue weighted by Gasteiger charge is -2.23. The van der Waals surface area contributed by atoms with Crippen LogP contribution >= 0.6 is 23.4 Å². The van der Waals surface area contributed by atoms with E-state index in [9.17, 15) is 4.79 Å². The van der Waals surface area contributed by atoms with Crippen LogP contribution in [0.3, 0.4) is 0 Å². The van der Waals surface area contributed by atoms with Crippen LogP contribution in [0.4, 0.5) is 11.5 Å². The van der Waals surface area contributed by atoms with Gasteiger partial charge >= 0.3 is 0 Å². The SMILES string of the molecule is Cc1cc(C)c(N(N)/C(=N\N)SCC(=O)Nc2ccc(Cl)cn2)c(C)c1. The Kier molecular flexibility index (Phi) is 6.84. The summed E-state index contributed by atoms with van der Waals surface area (Å²) < 4.78 is 0. The number of hydrogen-bond donors (Lipinski definition) is 3. The third kappa shape index (κ3) is 5.10. The van der Waals surface area contributed by atoms with E-state index in [1.165, 1.54) is 11.2 Å². The third-order valence-electron chi connectivity index (χ3n) is 3.52. The highest BCUT2D eigenvalue weighted by atomic mass is 35.5. The predicted molar refractivity (Wildman–Crippen MR) is 109 cm³/mol. The van der Waals surface area contributed by atoms with Crippen molar-refractivity contribution in [3.63, 3.8) is 0 Å². The van der Waals surface area contributed by atoms with Gasteiger partial charge in [-0.15, -0.1) is 0 Å². The summed E-state index contributed by atoms with van der Waals surface area (Å²) in [7, 11) is 0. The molecule has 0 aliphatic heterocycles. The van der Waals surface area contributed by atoms with Crippen molar-refractivity contribution in [3.05, 3.63) is 52.2 Å². The molecule has 9 heteroatoms. The Hall–Kier alpha value is -2.29. The molecule has 0 saturated heterocycles. The topological polar surface area (TPSA) is 110 Å². The summed E-state index contributed by atoms with van der Waals surface area (Å²) in [6.45, 7) is 5.95. The summed E-state index contributed by atoms with van der Waals surface area (Å²) in [6, 6.07) is 7.32. The minimum Gasteiger partial charge on any atom is -0.321 e. The number of amidine groups is 1. The zero-order valence-electron chi connectivity index (χ0n) is 14.8. The maximum atomic E-state index is 12.1. The molecule has 0 spiro atoms. The van der Waals surface area contributed by atoms with Crippen molar-refractivity contribution in [1.29, 1.82) is 0 Å². The molecule has 1 aromatic heterocycles. The molecule has 7 nitrogen and oxygen atoms in total. The first-order valence-electron chi connectivity index (χ1n) is 7.76. The van der Waals surface area contributed by atoms with Gasteiger partial charge in [0.25, 0.3) is 0 Å². The number of anilines is 2. The van der Waals surface area contributed by atoms with Crippen LogP contribution in [0.15, 0.2) is 35.6 Å². The molecule has 26 heavy (non-hydrogen) atoms. The molecular weight excluding hydrogens is 372 g/mol. The Labute approximate surface area is 161 Å². The second-order valence-corrected chi connectivity index (χ2v) is 7.11. The summed E-state index contributed by atoms with van der Waals surface area (Å²) in [5.41, 5.74) is 3.96. The van der Waals surface area contributed by atoms with Crippen molar-refractivity contribution in [3.8, 4) is 0 Å². The van der Waals surface area contributed by atoms with E-state index >= 15 is 0 Å². The van der Waals surface area contributed by atoms with E-state index in [0.29, 0.717) is 16.0 Å². The summed E-state index contributed by atoms with van der Waals surface area (Å²) in [5.74, 6) is 11.9. The Balaban J connectivity index is 2.03. The van der Waals surface area contributed by atoms with E-state index in [2.05, 4.69) is 15.4 Å². The molecule has 2 rings (SSSR count). The summed E-state index contributed by atoms with van der Waals surface area (Å²) in [6.07, 6.45) is 1.46. The highest BCUT2D eigenvalue weighted by molar-refractivity contribution is 8.14. The van der Waals surface area contributed by atoms with Gasteiger partial charge in [0.05, 0.1) is 16.5 Å². The number of pyridine rings is 1. The van der Waals surface area contributed by atoms with Crippen molar-refractivity contribution in [2.24, 2.45) is 16.8 Å². The number of hydrogen-bond acceptors (Lipinski definition) is 6. The number of nitrogens with one attached hydrogen (secondary N) is 1. The average Bonchev–Trinajstić information content (AvgIpc) is 2.56. The van der Waals surface area contributed by atoms with Crippen LogP contribution in [0.1, 0.15) is 16.7 Å². The molecule has 0 atom stereocenters. The molecule has 0 aliphatic rings. The molecule has 1 amide bonds. The van der Waals surface area contributed by atoms with Crippen molar-refractivity contribution < 1.29 is 4.79 Å². The molecule has 0 saturated carbocycles. The monoisotopic (exact) mass is 392 g/mol. The fourth-order valence-corrected chi connectivity index (χ4v) is 3.32. The number of hydrazine groups is 1. The molecule has 0 aliphatic carbocycles. The zero-order valence-corrected chi connectivity index (χ0v) is 16.4. The fraction of sp³-hybridized carbons (Fsp3) is 0.235. The number of aromatic nitrogens is 1. The maximum Gasteiger partial charge on any atom is 0.236 e. The van der Waals surface area contributed by atoms with Crippen LogP contribution in [-0.2, 0) is 4.79 Å². The minimum atomic E-state index is -0.253. The van der Waals surface area contributed by atoms with Crippen LogP contribution in [-0.4, -0.2) is 21.8 Å². The van der Waals surface area contributed by atoms with E-state index < -0.39 is 0 Å². The molecule has 0 fully saturated rings. The van der Waals surface area contributed by atoms with Crippen LogP contribution in [0.5, 0.6) is 0 Å². The van der Waals surface area contributed by atoms with Crippen LogP contribution in [0.2, 0.25) is 5.02 Å². The van der Waals surface area contributed by atoms with Gasteiger partial charge in [-0.2, -0.15) is 5.10 Å². The van der Waals surface area contributed by atoms with Gasteiger partial charge in [-0.05, 0) is 44.0 Å². The largest absolute Gasteiger partial charge is 0.321 e. The second kappa shape index (κ2) is 8.88. The smallest absolute Gasteiger partial charge is 0.236 e. The van der Waals surface area contributed by atoms with Crippen LogP contribution in [0.25, 0.3) is 0 Å². The van der Waals surface area contributed by atoms with E-state index in [4.69, 9.17) is 23.3 Å². The first-order valence-corrected chi connectivity index (χ1v) is 9.13. The number of carbonyl (C=O) groups excluding carboxylic acids is 1. The van der Waals surface area contributed by atoms with E-state index in [-0.39, 0.29) is 11.7 Å². The van der Waals surface area contributed by atoms with Gasteiger partial charge in [-0.1, -0.05) is 41.1 Å². The number of thioether (sulfide) groups is 1. The summed E-state index contributed by atoms with van der Waals surface area (Å²) in [5, 5.41) is 8.64. The number of amides is 1. The number of nitrogens with zero attached hydrogens (tertiary/aromatic N) is 3. The Morgan fingerprint density at radius 3 is 2.50 bits per heavy atom. The number of carbonyl (C=O) groups is 1. The lowest BCUT2D eigenvalue weighted by Crippen LogP contribution is -2.38. The van der Waals surface area contributed by atoms with Gasteiger partial charge in [0.1, 0.15) is 5.82 Å². The first-order chi connectivity index (χ1) is 12.3. The van der Waals surface area contributed by atoms with Gasteiger partial charge in [0.15, 0.2) is 0 Å². The molecule has 2 aromatic rings. The first kappa shape index (κ1) is 20.0. The number of aryl methyl sites for hydroxylation is 3. The Morgan fingerprint density at radius 1 is 1.31 bits per heavy atom. The quantitative estimate of drug-likeness (QED) is 0.319. The molecule has 138 valence electrons. The fourth-order valence-electron chi connectivity index (χ4n) is 2.58. The normalized spacial score (nSPS) is 11.3. The lowest BCUT2D eigenvalue weighted by molar-refractivity contribution is -0.113. The van der Waals surface area contributed by atoms with Gasteiger partial charge in [-0.3, -0.25) is 9.80 Å². The van der Waals surface area contributed by atoms with Crippen LogP contribution in [0, 0.1) is 20.8 Å². The van der Waals surface area contributed by atoms with Gasteiger partial charge in [0, 0.05) is 6.20 Å². The lowest BCUT2D eigenvalue weighted by atomic mass is 10.1. The van der Waals surface area contributed by atoms with Crippen molar-refractivity contribution in [2.45, 2.75) is 20.8 Å². The van der Waals surface area contributed by atoms with Gasteiger partial charge < -0.3 is 11.2 Å².